The number of H-pyrrole nitrogens is 1. The maximum atomic E-state index is 4.83. The molecule has 0 bridgehead atoms. The molecule has 0 unspecified atom stereocenters. The highest BCUT2D eigenvalue weighted by atomic mass is 15.2. The average Bonchev–Trinajstić information content (AvgIpc) is 3.17. The summed E-state index contributed by atoms with van der Waals surface area (Å²) in [6.45, 7) is 2.29. The minimum Gasteiger partial charge on any atom is -0.370 e. The summed E-state index contributed by atoms with van der Waals surface area (Å²) < 4.78 is 0. The van der Waals surface area contributed by atoms with E-state index in [2.05, 4.69) is 40.2 Å². The van der Waals surface area contributed by atoms with E-state index in [1.165, 1.54) is 18.5 Å². The third-order valence-corrected chi connectivity index (χ3v) is 3.99. The quantitative estimate of drug-likeness (QED) is 0.762. The Morgan fingerprint density at radius 3 is 2.50 bits per heavy atom. The normalized spacial score (nSPS) is 15.1. The molecule has 3 heteroatoms. The van der Waals surface area contributed by atoms with Crippen molar-refractivity contribution in [1.82, 2.24) is 9.97 Å². The Balaban J connectivity index is 1.85. The molecule has 100 valence electrons. The van der Waals surface area contributed by atoms with E-state index in [4.69, 9.17) is 4.98 Å². The first-order valence-corrected chi connectivity index (χ1v) is 7.21. The number of hydrogen-bond donors (Lipinski definition) is 1. The molecular formula is C17H17N3. The van der Waals surface area contributed by atoms with Gasteiger partial charge in [0.15, 0.2) is 0 Å². The summed E-state index contributed by atoms with van der Waals surface area (Å²) in [6.07, 6.45) is 2.57. The number of aromatic nitrogens is 2. The largest absolute Gasteiger partial charge is 0.370 e. The highest BCUT2D eigenvalue weighted by Crippen LogP contribution is 2.30. The SMILES string of the molecule is c1ccc(-c2nc3c(N4CCCC4)cccc3[nH]2)cc1. The fourth-order valence-electron chi connectivity index (χ4n) is 2.96. The predicted molar refractivity (Wildman–Crippen MR) is 83.0 cm³/mol. The molecule has 0 radical (unpaired) electrons. The molecule has 20 heavy (non-hydrogen) atoms. The number of hydrogen-bond acceptors (Lipinski definition) is 2. The van der Waals surface area contributed by atoms with Crippen molar-refractivity contribution in [3.63, 3.8) is 0 Å². The number of nitrogens with one attached hydrogen (secondary N) is 1. The van der Waals surface area contributed by atoms with Crippen molar-refractivity contribution in [1.29, 1.82) is 0 Å². The van der Waals surface area contributed by atoms with Crippen LogP contribution in [0.4, 0.5) is 5.69 Å². The van der Waals surface area contributed by atoms with Crippen molar-refractivity contribution in [3.05, 3.63) is 48.5 Å². The van der Waals surface area contributed by atoms with E-state index in [9.17, 15) is 0 Å². The second-order valence-corrected chi connectivity index (χ2v) is 5.32. The van der Waals surface area contributed by atoms with Crippen LogP contribution in [0.3, 0.4) is 0 Å². The molecule has 2 aromatic carbocycles. The maximum Gasteiger partial charge on any atom is 0.138 e. The molecule has 2 heterocycles. The standard InChI is InChI=1S/C17H17N3/c1-2-7-13(8-3-1)17-18-14-9-6-10-15(16(14)19-17)20-11-4-5-12-20/h1-3,6-10H,4-5,11-12H2,(H,18,19). The predicted octanol–water partition coefficient (Wildman–Crippen LogP) is 3.83. The second-order valence-electron chi connectivity index (χ2n) is 5.32. The lowest BCUT2D eigenvalue weighted by atomic mass is 10.2. The number of anilines is 1. The Morgan fingerprint density at radius 1 is 0.900 bits per heavy atom. The van der Waals surface area contributed by atoms with Gasteiger partial charge in [-0.3, -0.25) is 0 Å². The van der Waals surface area contributed by atoms with Crippen LogP contribution in [0.25, 0.3) is 22.4 Å². The Labute approximate surface area is 118 Å². The summed E-state index contributed by atoms with van der Waals surface area (Å²) in [5.74, 6) is 0.951. The Bertz CT molecular complexity index is 724. The molecule has 0 spiro atoms. The van der Waals surface area contributed by atoms with Gasteiger partial charge < -0.3 is 9.88 Å². The van der Waals surface area contributed by atoms with Crippen LogP contribution >= 0.6 is 0 Å². The number of imidazole rings is 1. The number of rotatable bonds is 2. The molecule has 1 N–H and O–H groups in total. The van der Waals surface area contributed by atoms with E-state index in [1.54, 1.807) is 0 Å². The van der Waals surface area contributed by atoms with Crippen LogP contribution in [-0.4, -0.2) is 23.1 Å². The first-order valence-electron chi connectivity index (χ1n) is 7.21. The van der Waals surface area contributed by atoms with Crippen LogP contribution in [0.1, 0.15) is 12.8 Å². The van der Waals surface area contributed by atoms with Gasteiger partial charge in [0.2, 0.25) is 0 Å². The van der Waals surface area contributed by atoms with Gasteiger partial charge in [0.1, 0.15) is 11.3 Å². The van der Waals surface area contributed by atoms with Gasteiger partial charge in [-0.2, -0.15) is 0 Å². The fraction of sp³-hybridized carbons (Fsp3) is 0.235. The van der Waals surface area contributed by atoms with Gasteiger partial charge in [0, 0.05) is 18.7 Å². The van der Waals surface area contributed by atoms with Crippen molar-refractivity contribution in [2.45, 2.75) is 12.8 Å². The van der Waals surface area contributed by atoms with E-state index in [0.29, 0.717) is 0 Å². The van der Waals surface area contributed by atoms with Crippen molar-refractivity contribution in [3.8, 4) is 11.4 Å². The lowest BCUT2D eigenvalue weighted by molar-refractivity contribution is 0.949. The Kier molecular flexibility index (Phi) is 2.69. The van der Waals surface area contributed by atoms with Gasteiger partial charge in [-0.1, -0.05) is 36.4 Å². The molecule has 0 atom stereocenters. The van der Waals surface area contributed by atoms with Crippen molar-refractivity contribution in [2.24, 2.45) is 0 Å². The second kappa shape index (κ2) is 4.67. The number of benzene rings is 2. The molecule has 0 saturated carbocycles. The lowest BCUT2D eigenvalue weighted by Gasteiger charge is -2.17. The first-order chi connectivity index (χ1) is 9.92. The molecule has 1 aromatic heterocycles. The van der Waals surface area contributed by atoms with Crippen molar-refractivity contribution in [2.75, 3.05) is 18.0 Å². The van der Waals surface area contributed by atoms with Crippen molar-refractivity contribution < 1.29 is 0 Å². The molecule has 1 aliphatic heterocycles. The number of para-hydroxylation sites is 1. The van der Waals surface area contributed by atoms with Gasteiger partial charge in [0.25, 0.3) is 0 Å². The zero-order valence-electron chi connectivity index (χ0n) is 11.3. The zero-order valence-corrected chi connectivity index (χ0v) is 11.3. The van der Waals surface area contributed by atoms with Crippen LogP contribution in [0.15, 0.2) is 48.5 Å². The van der Waals surface area contributed by atoms with Crippen LogP contribution in [0.5, 0.6) is 0 Å². The van der Waals surface area contributed by atoms with E-state index < -0.39 is 0 Å². The monoisotopic (exact) mass is 263 g/mol. The fourth-order valence-corrected chi connectivity index (χ4v) is 2.96. The van der Waals surface area contributed by atoms with Crippen LogP contribution < -0.4 is 4.90 Å². The molecule has 3 aromatic rings. The minimum absolute atomic E-state index is 0.951. The Hall–Kier alpha value is -2.29. The van der Waals surface area contributed by atoms with E-state index in [1.807, 2.05) is 18.2 Å². The average molecular weight is 263 g/mol. The van der Waals surface area contributed by atoms with Crippen molar-refractivity contribution >= 4 is 16.7 Å². The summed E-state index contributed by atoms with van der Waals surface area (Å²) in [5, 5.41) is 0. The summed E-state index contributed by atoms with van der Waals surface area (Å²) >= 11 is 0. The van der Waals surface area contributed by atoms with Crippen LogP contribution in [0, 0.1) is 0 Å². The molecule has 1 fully saturated rings. The third-order valence-electron chi connectivity index (χ3n) is 3.99. The summed E-state index contributed by atoms with van der Waals surface area (Å²) in [6, 6.07) is 16.7. The molecule has 0 aliphatic carbocycles. The molecule has 3 nitrogen and oxygen atoms in total. The molecule has 1 saturated heterocycles. The van der Waals surface area contributed by atoms with Gasteiger partial charge in [-0.05, 0) is 25.0 Å². The number of fused-ring (bicyclic) bond motifs is 1. The summed E-state index contributed by atoms with van der Waals surface area (Å²) in [7, 11) is 0. The van der Waals surface area contributed by atoms with E-state index in [0.717, 1.165) is 35.5 Å². The van der Waals surface area contributed by atoms with Crippen LogP contribution in [0.2, 0.25) is 0 Å². The Morgan fingerprint density at radius 2 is 1.70 bits per heavy atom. The topological polar surface area (TPSA) is 31.9 Å². The molecular weight excluding hydrogens is 246 g/mol. The van der Waals surface area contributed by atoms with Gasteiger partial charge in [-0.15, -0.1) is 0 Å². The zero-order chi connectivity index (χ0) is 13.4. The van der Waals surface area contributed by atoms with E-state index in [-0.39, 0.29) is 0 Å². The van der Waals surface area contributed by atoms with Gasteiger partial charge in [0.05, 0.1) is 11.2 Å². The third kappa shape index (κ3) is 1.86. The lowest BCUT2D eigenvalue weighted by Crippen LogP contribution is -2.17. The molecule has 0 amide bonds. The number of nitrogens with zero attached hydrogens (tertiary/aromatic N) is 2. The number of aromatic amines is 1. The first kappa shape index (κ1) is 11.5. The minimum atomic E-state index is 0.951. The molecule has 4 rings (SSSR count). The maximum absolute atomic E-state index is 4.83. The highest BCUT2D eigenvalue weighted by Gasteiger charge is 2.17. The molecule has 1 aliphatic rings. The van der Waals surface area contributed by atoms with E-state index >= 15 is 0 Å². The summed E-state index contributed by atoms with van der Waals surface area (Å²) in [5.41, 5.74) is 4.61. The van der Waals surface area contributed by atoms with Gasteiger partial charge >= 0.3 is 0 Å². The summed E-state index contributed by atoms with van der Waals surface area (Å²) in [4.78, 5) is 10.7. The van der Waals surface area contributed by atoms with Gasteiger partial charge in [-0.25, -0.2) is 4.98 Å². The smallest absolute Gasteiger partial charge is 0.138 e. The van der Waals surface area contributed by atoms with Crippen LogP contribution in [-0.2, 0) is 0 Å². The highest BCUT2D eigenvalue weighted by molar-refractivity contribution is 5.91.